The number of aliphatic hydroxyl groups is 1. The standard InChI is InChI=1S/C19H22N2O/c1-4-18-20-19-14(3)13(2)5-10-17(19)21(18)16-8-6-15(7-9-16)11-12-22/h5-10,22H,4,11-12H2,1-3H3. The number of benzene rings is 2. The zero-order valence-electron chi connectivity index (χ0n) is 13.4. The van der Waals surface area contributed by atoms with Gasteiger partial charge in [-0.1, -0.05) is 25.1 Å². The van der Waals surface area contributed by atoms with Crippen LogP contribution in [-0.4, -0.2) is 21.3 Å². The van der Waals surface area contributed by atoms with Crippen LogP contribution in [0.15, 0.2) is 36.4 Å². The lowest BCUT2D eigenvalue weighted by atomic mass is 10.1. The van der Waals surface area contributed by atoms with Crippen molar-refractivity contribution in [1.82, 2.24) is 9.55 Å². The van der Waals surface area contributed by atoms with Gasteiger partial charge in [0.05, 0.1) is 11.0 Å². The van der Waals surface area contributed by atoms with Gasteiger partial charge in [-0.3, -0.25) is 4.57 Å². The minimum Gasteiger partial charge on any atom is -0.396 e. The molecule has 1 aromatic heterocycles. The first-order valence-corrected chi connectivity index (χ1v) is 7.83. The van der Waals surface area contributed by atoms with E-state index in [9.17, 15) is 0 Å². The van der Waals surface area contributed by atoms with Crippen LogP contribution in [0.2, 0.25) is 0 Å². The van der Waals surface area contributed by atoms with Crippen molar-refractivity contribution in [3.8, 4) is 5.69 Å². The highest BCUT2D eigenvalue weighted by atomic mass is 16.2. The molecule has 0 aliphatic rings. The number of hydrogen-bond donors (Lipinski definition) is 1. The Bertz CT molecular complexity index is 800. The molecule has 0 saturated heterocycles. The summed E-state index contributed by atoms with van der Waals surface area (Å²) >= 11 is 0. The molecule has 0 aliphatic heterocycles. The van der Waals surface area contributed by atoms with E-state index in [-0.39, 0.29) is 6.61 Å². The number of rotatable bonds is 4. The van der Waals surface area contributed by atoms with Crippen molar-refractivity contribution in [2.75, 3.05) is 6.61 Å². The monoisotopic (exact) mass is 294 g/mol. The second kappa shape index (κ2) is 5.93. The summed E-state index contributed by atoms with van der Waals surface area (Å²) in [5.41, 5.74) is 7.07. The van der Waals surface area contributed by atoms with Crippen molar-refractivity contribution in [1.29, 1.82) is 0 Å². The smallest absolute Gasteiger partial charge is 0.114 e. The molecule has 0 spiro atoms. The summed E-state index contributed by atoms with van der Waals surface area (Å²) in [6.07, 6.45) is 1.59. The van der Waals surface area contributed by atoms with Crippen LogP contribution in [0, 0.1) is 13.8 Å². The van der Waals surface area contributed by atoms with E-state index in [2.05, 4.69) is 61.7 Å². The lowest BCUT2D eigenvalue weighted by Gasteiger charge is -2.10. The number of aromatic nitrogens is 2. The van der Waals surface area contributed by atoms with Gasteiger partial charge in [0, 0.05) is 18.7 Å². The van der Waals surface area contributed by atoms with Gasteiger partial charge in [-0.25, -0.2) is 4.98 Å². The Morgan fingerprint density at radius 2 is 1.77 bits per heavy atom. The summed E-state index contributed by atoms with van der Waals surface area (Å²) < 4.78 is 2.24. The Labute approximate surface area is 131 Å². The van der Waals surface area contributed by atoms with Gasteiger partial charge < -0.3 is 5.11 Å². The maximum Gasteiger partial charge on any atom is 0.114 e. The highest BCUT2D eigenvalue weighted by Crippen LogP contribution is 2.26. The number of aryl methyl sites for hydroxylation is 3. The molecular formula is C19H22N2O. The van der Waals surface area contributed by atoms with Gasteiger partial charge in [0.2, 0.25) is 0 Å². The molecule has 22 heavy (non-hydrogen) atoms. The van der Waals surface area contributed by atoms with Crippen LogP contribution in [0.25, 0.3) is 16.7 Å². The van der Waals surface area contributed by atoms with E-state index in [4.69, 9.17) is 10.1 Å². The first-order chi connectivity index (χ1) is 10.7. The SMILES string of the molecule is CCc1nc2c(C)c(C)ccc2n1-c1ccc(CCO)cc1. The molecular weight excluding hydrogens is 272 g/mol. The summed E-state index contributed by atoms with van der Waals surface area (Å²) in [5.74, 6) is 1.08. The molecule has 0 amide bonds. The quantitative estimate of drug-likeness (QED) is 0.796. The minimum absolute atomic E-state index is 0.187. The summed E-state index contributed by atoms with van der Waals surface area (Å²) in [6, 6.07) is 12.7. The maximum atomic E-state index is 9.04. The zero-order valence-corrected chi connectivity index (χ0v) is 13.4. The van der Waals surface area contributed by atoms with E-state index in [0.29, 0.717) is 6.42 Å². The number of fused-ring (bicyclic) bond motifs is 1. The van der Waals surface area contributed by atoms with E-state index in [1.54, 1.807) is 0 Å². The fraction of sp³-hybridized carbons (Fsp3) is 0.316. The molecule has 3 heteroatoms. The molecule has 0 saturated carbocycles. The third-order valence-electron chi connectivity index (χ3n) is 4.33. The molecule has 0 fully saturated rings. The number of hydrogen-bond acceptors (Lipinski definition) is 2. The molecule has 1 N–H and O–H groups in total. The molecule has 0 atom stereocenters. The van der Waals surface area contributed by atoms with E-state index < -0.39 is 0 Å². The Morgan fingerprint density at radius 1 is 1.05 bits per heavy atom. The van der Waals surface area contributed by atoms with Gasteiger partial charge in [-0.15, -0.1) is 0 Å². The lowest BCUT2D eigenvalue weighted by Crippen LogP contribution is -2.00. The molecule has 0 unspecified atom stereocenters. The summed E-state index contributed by atoms with van der Waals surface area (Å²) in [5, 5.41) is 9.04. The summed E-state index contributed by atoms with van der Waals surface area (Å²) in [4.78, 5) is 4.85. The van der Waals surface area contributed by atoms with Gasteiger partial charge in [-0.05, 0) is 55.2 Å². The van der Waals surface area contributed by atoms with Crippen LogP contribution < -0.4 is 0 Å². The number of nitrogens with zero attached hydrogens (tertiary/aromatic N) is 2. The van der Waals surface area contributed by atoms with Crippen molar-refractivity contribution in [2.24, 2.45) is 0 Å². The first kappa shape index (κ1) is 14.8. The van der Waals surface area contributed by atoms with Gasteiger partial charge in [0.25, 0.3) is 0 Å². The average molecular weight is 294 g/mol. The van der Waals surface area contributed by atoms with Gasteiger partial charge >= 0.3 is 0 Å². The molecule has 3 rings (SSSR count). The van der Waals surface area contributed by atoms with Crippen molar-refractivity contribution >= 4 is 11.0 Å². The molecule has 1 heterocycles. The second-order valence-electron chi connectivity index (χ2n) is 5.73. The van der Waals surface area contributed by atoms with Crippen LogP contribution in [0.5, 0.6) is 0 Å². The predicted molar refractivity (Wildman–Crippen MR) is 90.7 cm³/mol. The average Bonchev–Trinajstić information content (AvgIpc) is 2.91. The van der Waals surface area contributed by atoms with E-state index in [1.807, 2.05) is 0 Å². The van der Waals surface area contributed by atoms with Crippen LogP contribution in [-0.2, 0) is 12.8 Å². The van der Waals surface area contributed by atoms with Crippen LogP contribution >= 0.6 is 0 Å². The third kappa shape index (κ3) is 2.42. The molecule has 0 bridgehead atoms. The van der Waals surface area contributed by atoms with Crippen molar-refractivity contribution in [3.63, 3.8) is 0 Å². The maximum absolute atomic E-state index is 9.04. The van der Waals surface area contributed by atoms with E-state index >= 15 is 0 Å². The predicted octanol–water partition coefficient (Wildman–Crippen LogP) is 3.74. The number of imidazole rings is 1. The molecule has 3 nitrogen and oxygen atoms in total. The Morgan fingerprint density at radius 3 is 2.41 bits per heavy atom. The Hall–Kier alpha value is -2.13. The molecule has 3 aromatic rings. The first-order valence-electron chi connectivity index (χ1n) is 7.83. The third-order valence-corrected chi connectivity index (χ3v) is 4.33. The van der Waals surface area contributed by atoms with Gasteiger partial charge in [0.1, 0.15) is 5.82 Å². The fourth-order valence-electron chi connectivity index (χ4n) is 2.89. The minimum atomic E-state index is 0.187. The van der Waals surface area contributed by atoms with Gasteiger partial charge in [0.15, 0.2) is 0 Å². The summed E-state index contributed by atoms with van der Waals surface area (Å²) in [7, 11) is 0. The van der Waals surface area contributed by atoms with Crippen molar-refractivity contribution in [3.05, 3.63) is 58.9 Å². The second-order valence-corrected chi connectivity index (χ2v) is 5.73. The lowest BCUT2D eigenvalue weighted by molar-refractivity contribution is 0.299. The molecule has 114 valence electrons. The molecule has 0 aliphatic carbocycles. The highest BCUT2D eigenvalue weighted by molar-refractivity contribution is 5.82. The molecule has 2 aromatic carbocycles. The summed E-state index contributed by atoms with van der Waals surface area (Å²) in [6.45, 7) is 6.59. The van der Waals surface area contributed by atoms with Crippen molar-refractivity contribution in [2.45, 2.75) is 33.6 Å². The van der Waals surface area contributed by atoms with Crippen LogP contribution in [0.4, 0.5) is 0 Å². The van der Waals surface area contributed by atoms with Crippen LogP contribution in [0.3, 0.4) is 0 Å². The zero-order chi connectivity index (χ0) is 15.7. The fourth-order valence-corrected chi connectivity index (χ4v) is 2.89. The largest absolute Gasteiger partial charge is 0.396 e. The Balaban J connectivity index is 2.18. The van der Waals surface area contributed by atoms with Crippen molar-refractivity contribution < 1.29 is 5.11 Å². The molecule has 0 radical (unpaired) electrons. The van der Waals surface area contributed by atoms with E-state index in [1.165, 1.54) is 11.1 Å². The van der Waals surface area contributed by atoms with E-state index in [0.717, 1.165) is 34.5 Å². The Kier molecular flexibility index (Phi) is 3.99. The normalized spacial score (nSPS) is 11.3. The highest BCUT2D eigenvalue weighted by Gasteiger charge is 2.13. The van der Waals surface area contributed by atoms with Gasteiger partial charge in [-0.2, -0.15) is 0 Å². The topological polar surface area (TPSA) is 38.0 Å². The van der Waals surface area contributed by atoms with Crippen LogP contribution in [0.1, 0.15) is 29.4 Å². The number of aliphatic hydroxyl groups excluding tert-OH is 1.